The van der Waals surface area contributed by atoms with Crippen molar-refractivity contribution >= 4 is 28.5 Å². The average molecular weight is 390 g/mol. The fourth-order valence-corrected chi connectivity index (χ4v) is 2.71. The number of fused-ring (bicyclic) bond motifs is 1. The molecular formula is C19H26N4O5. The zero-order valence-corrected chi connectivity index (χ0v) is 16.1. The van der Waals surface area contributed by atoms with E-state index in [1.165, 1.54) is 6.07 Å². The first-order valence-corrected chi connectivity index (χ1v) is 9.18. The molecule has 2 rings (SSSR count). The molecule has 0 saturated carbocycles. The minimum absolute atomic E-state index is 0.0643. The normalized spacial score (nSPS) is 10.7. The molecule has 1 aromatic carbocycles. The predicted molar refractivity (Wildman–Crippen MR) is 106 cm³/mol. The van der Waals surface area contributed by atoms with Gasteiger partial charge in [-0.25, -0.2) is 10.6 Å². The van der Waals surface area contributed by atoms with Crippen LogP contribution in [0, 0.1) is 0 Å². The van der Waals surface area contributed by atoms with Gasteiger partial charge >= 0.3 is 5.63 Å². The first-order valence-electron chi connectivity index (χ1n) is 9.18. The third-order valence-corrected chi connectivity index (χ3v) is 4.26. The highest BCUT2D eigenvalue weighted by Crippen LogP contribution is 2.21. The van der Waals surface area contributed by atoms with E-state index in [1.54, 1.807) is 6.07 Å². The Labute approximate surface area is 162 Å². The molecule has 9 nitrogen and oxygen atoms in total. The smallest absolute Gasteiger partial charge is 0.349 e. The van der Waals surface area contributed by atoms with Crippen molar-refractivity contribution in [3.63, 3.8) is 0 Å². The Balaban J connectivity index is 1.99. The van der Waals surface area contributed by atoms with Gasteiger partial charge in [0, 0.05) is 36.8 Å². The van der Waals surface area contributed by atoms with Crippen LogP contribution in [0.1, 0.15) is 30.6 Å². The maximum absolute atomic E-state index is 12.2. The number of hydrogen-bond donors (Lipinski definition) is 3. The lowest BCUT2D eigenvalue weighted by Gasteiger charge is -2.21. The van der Waals surface area contributed by atoms with E-state index in [0.29, 0.717) is 11.0 Å². The van der Waals surface area contributed by atoms with E-state index in [9.17, 15) is 14.4 Å². The van der Waals surface area contributed by atoms with Gasteiger partial charge in [0.05, 0.1) is 19.6 Å². The maximum Gasteiger partial charge on any atom is 0.349 e. The highest BCUT2D eigenvalue weighted by Gasteiger charge is 2.14. The summed E-state index contributed by atoms with van der Waals surface area (Å²) in [6, 6.07) is 7.09. The molecule has 152 valence electrons. The van der Waals surface area contributed by atoms with Crippen molar-refractivity contribution in [2.75, 3.05) is 37.7 Å². The van der Waals surface area contributed by atoms with Gasteiger partial charge in [0.25, 0.3) is 5.91 Å². The monoisotopic (exact) mass is 390 g/mol. The summed E-state index contributed by atoms with van der Waals surface area (Å²) in [6.45, 7) is 6.36. The zero-order chi connectivity index (χ0) is 20.5. The average Bonchev–Trinajstić information content (AvgIpc) is 2.70. The molecule has 1 aromatic heterocycles. The first kappa shape index (κ1) is 21.4. The van der Waals surface area contributed by atoms with Crippen LogP contribution in [0.15, 0.2) is 33.5 Å². The van der Waals surface area contributed by atoms with Crippen LogP contribution >= 0.6 is 0 Å². The van der Waals surface area contributed by atoms with Crippen molar-refractivity contribution in [1.82, 2.24) is 10.7 Å². The molecule has 9 heteroatoms. The second-order valence-corrected chi connectivity index (χ2v) is 6.03. The van der Waals surface area contributed by atoms with Crippen LogP contribution in [-0.2, 0) is 9.53 Å². The summed E-state index contributed by atoms with van der Waals surface area (Å²) < 4.78 is 10.6. The van der Waals surface area contributed by atoms with E-state index < -0.39 is 11.5 Å². The molecule has 4 N–H and O–H groups in total. The number of nitrogens with two attached hydrogens (primary N) is 1. The highest BCUT2D eigenvalue weighted by atomic mass is 16.5. The van der Waals surface area contributed by atoms with Gasteiger partial charge in [0.15, 0.2) is 0 Å². The van der Waals surface area contributed by atoms with E-state index in [0.717, 1.165) is 18.8 Å². The molecule has 0 bridgehead atoms. The minimum Gasteiger partial charge on any atom is -0.422 e. The summed E-state index contributed by atoms with van der Waals surface area (Å²) >= 11 is 0. The number of carbonyl (C=O) groups is 2. The van der Waals surface area contributed by atoms with Crippen LogP contribution in [-0.4, -0.2) is 44.7 Å². The van der Waals surface area contributed by atoms with Gasteiger partial charge in [-0.05, 0) is 32.0 Å². The van der Waals surface area contributed by atoms with E-state index in [2.05, 4.69) is 10.2 Å². The van der Waals surface area contributed by atoms with E-state index >= 15 is 0 Å². The second kappa shape index (κ2) is 10.4. The van der Waals surface area contributed by atoms with E-state index in [-0.39, 0.29) is 37.6 Å². The number of benzene rings is 1. The quantitative estimate of drug-likeness (QED) is 0.180. The van der Waals surface area contributed by atoms with Crippen molar-refractivity contribution < 1.29 is 18.7 Å². The molecule has 0 spiro atoms. The lowest BCUT2D eigenvalue weighted by Crippen LogP contribution is -2.32. The Morgan fingerprint density at radius 1 is 1.18 bits per heavy atom. The largest absolute Gasteiger partial charge is 0.422 e. The SMILES string of the molecule is CCN(CC)c1ccc2cc(C(=O)NCCOCCC(=O)NN)c(=O)oc2c1. The molecule has 28 heavy (non-hydrogen) atoms. The molecule has 2 amide bonds. The van der Waals surface area contributed by atoms with Crippen molar-refractivity contribution in [2.24, 2.45) is 5.84 Å². The summed E-state index contributed by atoms with van der Waals surface area (Å²) in [4.78, 5) is 37.5. The van der Waals surface area contributed by atoms with Crippen molar-refractivity contribution in [1.29, 1.82) is 0 Å². The van der Waals surface area contributed by atoms with Crippen LogP contribution in [0.25, 0.3) is 11.0 Å². The summed E-state index contributed by atoms with van der Waals surface area (Å²) in [5, 5.41) is 3.27. The van der Waals surface area contributed by atoms with Crippen LogP contribution < -0.4 is 27.1 Å². The number of hydrogen-bond acceptors (Lipinski definition) is 7. The molecule has 0 fully saturated rings. The fourth-order valence-electron chi connectivity index (χ4n) is 2.71. The first-order chi connectivity index (χ1) is 13.5. The predicted octanol–water partition coefficient (Wildman–Crippen LogP) is 0.766. The Kier molecular flexibility index (Phi) is 7.97. The van der Waals surface area contributed by atoms with Gasteiger partial charge in [0.1, 0.15) is 11.1 Å². The molecule has 0 unspecified atom stereocenters. The number of nitrogens with zero attached hydrogens (tertiary/aromatic N) is 1. The third kappa shape index (κ3) is 5.54. The van der Waals surface area contributed by atoms with Crippen LogP contribution in [0.2, 0.25) is 0 Å². The third-order valence-electron chi connectivity index (χ3n) is 4.26. The topological polar surface area (TPSA) is 127 Å². The van der Waals surface area contributed by atoms with Crippen molar-refractivity contribution in [2.45, 2.75) is 20.3 Å². The number of hydrazine groups is 1. The Morgan fingerprint density at radius 3 is 2.61 bits per heavy atom. The number of rotatable bonds is 10. The molecule has 1 heterocycles. The maximum atomic E-state index is 12.2. The van der Waals surface area contributed by atoms with Gasteiger partial charge in [0.2, 0.25) is 5.91 Å². The zero-order valence-electron chi connectivity index (χ0n) is 16.1. The Morgan fingerprint density at radius 2 is 1.93 bits per heavy atom. The van der Waals surface area contributed by atoms with Gasteiger partial charge in [-0.2, -0.15) is 0 Å². The lowest BCUT2D eigenvalue weighted by molar-refractivity contribution is -0.122. The molecule has 0 radical (unpaired) electrons. The minimum atomic E-state index is -0.692. The van der Waals surface area contributed by atoms with Gasteiger partial charge in [-0.1, -0.05) is 0 Å². The number of anilines is 1. The highest BCUT2D eigenvalue weighted by molar-refractivity contribution is 5.97. The molecule has 0 atom stereocenters. The van der Waals surface area contributed by atoms with Crippen LogP contribution in [0.5, 0.6) is 0 Å². The molecule has 0 saturated heterocycles. The Bertz CT molecular complexity index is 876. The summed E-state index contributed by atoms with van der Waals surface area (Å²) in [5.74, 6) is 4.09. The van der Waals surface area contributed by atoms with Gasteiger partial charge in [-0.3, -0.25) is 15.0 Å². The van der Waals surface area contributed by atoms with E-state index in [1.807, 2.05) is 31.4 Å². The molecule has 2 aromatic rings. The molecule has 0 aliphatic carbocycles. The van der Waals surface area contributed by atoms with Gasteiger partial charge < -0.3 is 19.4 Å². The molecule has 0 aliphatic heterocycles. The van der Waals surface area contributed by atoms with Crippen molar-refractivity contribution in [3.05, 3.63) is 40.2 Å². The molecule has 0 aliphatic rings. The van der Waals surface area contributed by atoms with Crippen LogP contribution in [0.4, 0.5) is 5.69 Å². The number of nitrogens with one attached hydrogen (secondary N) is 2. The van der Waals surface area contributed by atoms with Gasteiger partial charge in [-0.15, -0.1) is 0 Å². The molecular weight excluding hydrogens is 364 g/mol. The summed E-state index contributed by atoms with van der Waals surface area (Å²) in [6.07, 6.45) is 0.133. The number of carbonyl (C=O) groups excluding carboxylic acids is 2. The summed E-state index contributed by atoms with van der Waals surface area (Å²) in [7, 11) is 0. The fraction of sp³-hybridized carbons (Fsp3) is 0.421. The van der Waals surface area contributed by atoms with Crippen molar-refractivity contribution in [3.8, 4) is 0 Å². The summed E-state index contributed by atoms with van der Waals surface area (Å²) in [5.41, 5.74) is 2.63. The Hall–Kier alpha value is -2.91. The number of ether oxygens (including phenoxy) is 1. The second-order valence-electron chi connectivity index (χ2n) is 6.03. The number of amides is 2. The standard InChI is InChI=1S/C19H26N4O5/c1-3-23(4-2)14-6-5-13-11-15(19(26)28-16(13)12-14)18(25)21-8-10-27-9-7-17(24)22-20/h5-6,11-12H,3-4,7-10,20H2,1-2H3,(H,21,25)(H,22,24). The van der Waals surface area contributed by atoms with Crippen LogP contribution in [0.3, 0.4) is 0 Å². The van der Waals surface area contributed by atoms with E-state index in [4.69, 9.17) is 15.0 Å². The lowest BCUT2D eigenvalue weighted by atomic mass is 10.1.